The Labute approximate surface area is 132 Å². The number of benzene rings is 1. The fraction of sp³-hybridized carbons (Fsp3) is 0.400. The van der Waals surface area contributed by atoms with E-state index in [1.807, 2.05) is 0 Å². The van der Waals surface area contributed by atoms with Crippen LogP contribution in [0.15, 0.2) is 18.2 Å². The highest BCUT2D eigenvalue weighted by Gasteiger charge is 2.24. The van der Waals surface area contributed by atoms with Gasteiger partial charge in [0, 0.05) is 12.0 Å². The smallest absolute Gasteiger partial charge is 0.181 e. The normalized spacial score (nSPS) is 13.5. The first-order valence-electron chi connectivity index (χ1n) is 8.21. The number of rotatable bonds is 3. The van der Waals surface area contributed by atoms with Gasteiger partial charge in [-0.15, -0.1) is 0 Å². The predicted molar refractivity (Wildman–Crippen MR) is 90.6 cm³/mol. The first kappa shape index (κ1) is 15.0. The number of aromatic nitrogens is 1. The highest BCUT2D eigenvalue weighted by molar-refractivity contribution is 5.99. The average Bonchev–Trinajstić information content (AvgIpc) is 2.88. The first-order valence-corrected chi connectivity index (χ1v) is 8.21. The molecule has 1 aliphatic rings. The molecule has 1 aliphatic carbocycles. The van der Waals surface area contributed by atoms with Gasteiger partial charge in [-0.2, -0.15) is 0 Å². The van der Waals surface area contributed by atoms with Gasteiger partial charge in [0.25, 0.3) is 0 Å². The van der Waals surface area contributed by atoms with Crippen molar-refractivity contribution in [3.05, 3.63) is 51.7 Å². The first-order chi connectivity index (χ1) is 10.5. The van der Waals surface area contributed by atoms with Crippen molar-refractivity contribution in [3.63, 3.8) is 0 Å². The van der Waals surface area contributed by atoms with Gasteiger partial charge in [0.1, 0.15) is 5.69 Å². The minimum absolute atomic E-state index is 0.197. The average molecular weight is 293 g/mol. The SMILES string of the molecule is CCc1cc(C)cc(CC)c1-c1cc(C)c2c(n1)C(=O)CC2. The molecule has 3 rings (SSSR count). The summed E-state index contributed by atoms with van der Waals surface area (Å²) in [5, 5.41) is 0. The van der Waals surface area contributed by atoms with Gasteiger partial charge in [-0.05, 0) is 61.4 Å². The van der Waals surface area contributed by atoms with Gasteiger partial charge in [-0.1, -0.05) is 31.5 Å². The minimum Gasteiger partial charge on any atom is -0.292 e. The number of carbonyl (C=O) groups is 1. The van der Waals surface area contributed by atoms with Crippen molar-refractivity contribution in [2.75, 3.05) is 0 Å². The zero-order valence-corrected chi connectivity index (χ0v) is 13.9. The predicted octanol–water partition coefficient (Wildman–Crippen LogP) is 4.62. The summed E-state index contributed by atoms with van der Waals surface area (Å²) in [7, 11) is 0. The molecule has 0 N–H and O–H groups in total. The van der Waals surface area contributed by atoms with E-state index in [0.717, 1.165) is 30.5 Å². The van der Waals surface area contributed by atoms with E-state index in [1.54, 1.807) is 0 Å². The van der Waals surface area contributed by atoms with Gasteiger partial charge in [0.05, 0.1) is 5.69 Å². The lowest BCUT2D eigenvalue weighted by atomic mass is 9.91. The number of aryl methyl sites for hydroxylation is 4. The molecule has 0 unspecified atom stereocenters. The lowest BCUT2D eigenvalue weighted by Crippen LogP contribution is -2.03. The lowest BCUT2D eigenvalue weighted by molar-refractivity contribution is 0.0990. The van der Waals surface area contributed by atoms with Crippen molar-refractivity contribution in [3.8, 4) is 11.3 Å². The van der Waals surface area contributed by atoms with Crippen molar-refractivity contribution < 1.29 is 4.79 Å². The molecule has 1 aromatic carbocycles. The molecule has 114 valence electrons. The molecule has 2 nitrogen and oxygen atoms in total. The molecule has 0 radical (unpaired) electrons. The zero-order chi connectivity index (χ0) is 15.9. The third kappa shape index (κ3) is 2.37. The number of hydrogen-bond donors (Lipinski definition) is 0. The van der Waals surface area contributed by atoms with Crippen LogP contribution in [0.1, 0.15) is 58.6 Å². The largest absolute Gasteiger partial charge is 0.292 e. The summed E-state index contributed by atoms with van der Waals surface area (Å²) in [5.74, 6) is 0.197. The molecule has 1 aromatic heterocycles. The van der Waals surface area contributed by atoms with E-state index in [1.165, 1.54) is 27.8 Å². The highest BCUT2D eigenvalue weighted by Crippen LogP contribution is 2.33. The molecule has 1 heterocycles. The zero-order valence-electron chi connectivity index (χ0n) is 13.9. The number of ketones is 1. The molecule has 0 amide bonds. The van der Waals surface area contributed by atoms with Gasteiger partial charge in [-0.25, -0.2) is 4.98 Å². The number of Topliss-reactive ketones (excluding diaryl/α,β-unsaturated/α-hetero) is 1. The Morgan fingerprint density at radius 2 is 1.64 bits per heavy atom. The van der Waals surface area contributed by atoms with Crippen LogP contribution < -0.4 is 0 Å². The highest BCUT2D eigenvalue weighted by atomic mass is 16.1. The second-order valence-corrected chi connectivity index (χ2v) is 6.24. The summed E-state index contributed by atoms with van der Waals surface area (Å²) in [5.41, 5.74) is 9.23. The van der Waals surface area contributed by atoms with Crippen LogP contribution in [0.4, 0.5) is 0 Å². The van der Waals surface area contributed by atoms with Crippen molar-refractivity contribution in [2.45, 2.75) is 53.4 Å². The minimum atomic E-state index is 0.197. The van der Waals surface area contributed by atoms with Gasteiger partial charge >= 0.3 is 0 Å². The quantitative estimate of drug-likeness (QED) is 0.826. The van der Waals surface area contributed by atoms with Crippen LogP contribution in [0.25, 0.3) is 11.3 Å². The van der Waals surface area contributed by atoms with Gasteiger partial charge < -0.3 is 0 Å². The van der Waals surface area contributed by atoms with E-state index < -0.39 is 0 Å². The van der Waals surface area contributed by atoms with Crippen LogP contribution in [-0.2, 0) is 19.3 Å². The Bertz CT molecular complexity index is 734. The Morgan fingerprint density at radius 3 is 2.23 bits per heavy atom. The second kappa shape index (κ2) is 5.68. The summed E-state index contributed by atoms with van der Waals surface area (Å²) < 4.78 is 0. The van der Waals surface area contributed by atoms with E-state index in [0.29, 0.717) is 12.1 Å². The molecular weight excluding hydrogens is 270 g/mol. The van der Waals surface area contributed by atoms with E-state index in [-0.39, 0.29) is 5.78 Å². The van der Waals surface area contributed by atoms with Gasteiger partial charge in [0.15, 0.2) is 5.78 Å². The maximum atomic E-state index is 12.1. The molecule has 0 spiro atoms. The molecular formula is C20H23NO. The molecule has 0 saturated carbocycles. The summed E-state index contributed by atoms with van der Waals surface area (Å²) in [6.07, 6.45) is 3.43. The molecule has 0 atom stereocenters. The molecule has 22 heavy (non-hydrogen) atoms. The third-order valence-electron chi connectivity index (χ3n) is 4.68. The Kier molecular flexibility index (Phi) is 3.86. The van der Waals surface area contributed by atoms with Crippen LogP contribution >= 0.6 is 0 Å². The van der Waals surface area contributed by atoms with Gasteiger partial charge in [-0.3, -0.25) is 4.79 Å². The lowest BCUT2D eigenvalue weighted by Gasteiger charge is -2.16. The van der Waals surface area contributed by atoms with Crippen LogP contribution in [-0.4, -0.2) is 10.8 Å². The topological polar surface area (TPSA) is 30.0 Å². The maximum Gasteiger partial charge on any atom is 0.181 e. The molecule has 2 aromatic rings. The molecule has 2 heteroatoms. The summed E-state index contributed by atoms with van der Waals surface area (Å²) in [6.45, 7) is 8.62. The molecule has 0 aliphatic heterocycles. The fourth-order valence-corrected chi connectivity index (χ4v) is 3.56. The van der Waals surface area contributed by atoms with Crippen LogP contribution in [0.2, 0.25) is 0 Å². The van der Waals surface area contributed by atoms with Crippen LogP contribution in [0.3, 0.4) is 0 Å². The number of fused-ring (bicyclic) bond motifs is 1. The number of pyridine rings is 1. The number of carbonyl (C=O) groups excluding carboxylic acids is 1. The summed E-state index contributed by atoms with van der Waals surface area (Å²) >= 11 is 0. The summed E-state index contributed by atoms with van der Waals surface area (Å²) in [4.78, 5) is 16.9. The third-order valence-corrected chi connectivity index (χ3v) is 4.68. The van der Waals surface area contributed by atoms with Crippen LogP contribution in [0.5, 0.6) is 0 Å². The van der Waals surface area contributed by atoms with Crippen molar-refractivity contribution in [1.29, 1.82) is 0 Å². The molecule has 0 bridgehead atoms. The standard InChI is InChI=1S/C20H23NO/c1-5-14-9-12(3)10-15(6-2)19(14)17-11-13(4)16-7-8-18(22)20(16)21-17/h9-11H,5-8H2,1-4H3. The number of hydrogen-bond acceptors (Lipinski definition) is 2. The Hall–Kier alpha value is -1.96. The molecule has 0 saturated heterocycles. The molecule has 0 fully saturated rings. The van der Waals surface area contributed by atoms with Crippen molar-refractivity contribution in [2.24, 2.45) is 0 Å². The number of nitrogens with zero attached hydrogens (tertiary/aromatic N) is 1. The second-order valence-electron chi connectivity index (χ2n) is 6.24. The van der Waals surface area contributed by atoms with Gasteiger partial charge in [0.2, 0.25) is 0 Å². The summed E-state index contributed by atoms with van der Waals surface area (Å²) in [6, 6.07) is 6.67. The van der Waals surface area contributed by atoms with E-state index in [4.69, 9.17) is 4.98 Å². The van der Waals surface area contributed by atoms with E-state index in [9.17, 15) is 4.79 Å². The van der Waals surface area contributed by atoms with Crippen LogP contribution in [0, 0.1) is 13.8 Å². The van der Waals surface area contributed by atoms with E-state index in [2.05, 4.69) is 45.9 Å². The monoisotopic (exact) mass is 293 g/mol. The Morgan fingerprint density at radius 1 is 1.00 bits per heavy atom. The van der Waals surface area contributed by atoms with Crippen molar-refractivity contribution >= 4 is 5.78 Å². The van der Waals surface area contributed by atoms with Crippen molar-refractivity contribution in [1.82, 2.24) is 4.98 Å². The maximum absolute atomic E-state index is 12.1. The Balaban J connectivity index is 2.26. The fourth-order valence-electron chi connectivity index (χ4n) is 3.56. The van der Waals surface area contributed by atoms with E-state index >= 15 is 0 Å².